The van der Waals surface area contributed by atoms with Crippen LogP contribution in [-0.2, 0) is 12.3 Å². The summed E-state index contributed by atoms with van der Waals surface area (Å²) in [6.45, 7) is 0.692. The molecule has 2 aromatic heterocycles. The van der Waals surface area contributed by atoms with Gasteiger partial charge in [0.05, 0.1) is 12.3 Å². The molecule has 0 atom stereocenters. The largest absolute Gasteiger partial charge is 0.299 e. The van der Waals surface area contributed by atoms with Gasteiger partial charge in [-0.3, -0.25) is 14.2 Å². The van der Waals surface area contributed by atoms with Crippen LogP contribution in [0.25, 0.3) is 5.69 Å². The average molecular weight is 381 g/mol. The molecule has 6 nitrogen and oxygen atoms in total. The minimum atomic E-state index is 0.619. The number of H-pyrrole nitrogens is 1. The molecule has 0 aliphatic heterocycles. The third-order valence-corrected chi connectivity index (χ3v) is 5.15. The first-order valence-electron chi connectivity index (χ1n) is 8.07. The number of aromatic amines is 1. The Balaban J connectivity index is 1.53. The third kappa shape index (κ3) is 3.61. The minimum absolute atomic E-state index is 0.619. The van der Waals surface area contributed by atoms with E-state index in [4.69, 9.17) is 12.2 Å². The zero-order valence-corrected chi connectivity index (χ0v) is 15.5. The van der Waals surface area contributed by atoms with Gasteiger partial charge in [-0.05, 0) is 29.9 Å². The molecule has 0 radical (unpaired) electrons. The molecular weight excluding hydrogens is 364 g/mol. The van der Waals surface area contributed by atoms with Crippen molar-refractivity contribution in [3.63, 3.8) is 0 Å². The number of hydrogen-bond acceptors (Lipinski definition) is 5. The Labute approximate surface area is 159 Å². The second-order valence-electron chi connectivity index (χ2n) is 5.62. The molecule has 0 aliphatic rings. The first-order valence-corrected chi connectivity index (χ1v) is 9.47. The molecule has 4 rings (SSSR count). The van der Waals surface area contributed by atoms with E-state index in [-0.39, 0.29) is 0 Å². The number of nitrogens with zero attached hydrogens (tertiary/aromatic N) is 5. The molecule has 4 aromatic rings. The summed E-state index contributed by atoms with van der Waals surface area (Å²) in [6, 6.07) is 20.2. The Hall–Kier alpha value is -2.71. The van der Waals surface area contributed by atoms with Crippen LogP contribution in [-0.4, -0.2) is 29.5 Å². The number of aromatic nitrogens is 6. The highest BCUT2D eigenvalue weighted by Crippen LogP contribution is 2.23. The van der Waals surface area contributed by atoms with Crippen molar-refractivity contribution in [1.82, 2.24) is 29.5 Å². The van der Waals surface area contributed by atoms with Gasteiger partial charge < -0.3 is 0 Å². The molecular formula is C18H16N6S2. The van der Waals surface area contributed by atoms with Crippen LogP contribution in [0.5, 0.6) is 0 Å². The smallest absolute Gasteiger partial charge is 0.196 e. The maximum absolute atomic E-state index is 5.39. The van der Waals surface area contributed by atoms with Gasteiger partial charge in [0.1, 0.15) is 12.2 Å². The fourth-order valence-corrected chi connectivity index (χ4v) is 3.70. The van der Waals surface area contributed by atoms with Crippen LogP contribution in [0, 0.1) is 4.77 Å². The predicted octanol–water partition coefficient (Wildman–Crippen LogP) is 3.86. The first kappa shape index (κ1) is 16.7. The number of para-hydroxylation sites is 1. The van der Waals surface area contributed by atoms with E-state index >= 15 is 0 Å². The Morgan fingerprint density at radius 2 is 1.73 bits per heavy atom. The van der Waals surface area contributed by atoms with Crippen molar-refractivity contribution < 1.29 is 0 Å². The highest BCUT2D eigenvalue weighted by molar-refractivity contribution is 7.98. The van der Waals surface area contributed by atoms with Gasteiger partial charge in [-0.1, -0.05) is 60.3 Å². The van der Waals surface area contributed by atoms with E-state index in [0.29, 0.717) is 17.1 Å². The van der Waals surface area contributed by atoms with E-state index in [2.05, 4.69) is 32.5 Å². The Morgan fingerprint density at radius 1 is 1.00 bits per heavy atom. The van der Waals surface area contributed by atoms with Gasteiger partial charge in [0.2, 0.25) is 0 Å². The van der Waals surface area contributed by atoms with Crippen molar-refractivity contribution in [3.05, 3.63) is 83.1 Å². The first-order chi connectivity index (χ1) is 12.8. The van der Waals surface area contributed by atoms with Gasteiger partial charge >= 0.3 is 0 Å². The monoisotopic (exact) mass is 380 g/mol. The minimum Gasteiger partial charge on any atom is -0.299 e. The van der Waals surface area contributed by atoms with Crippen molar-refractivity contribution in [2.75, 3.05) is 0 Å². The summed E-state index contributed by atoms with van der Waals surface area (Å²) >= 11 is 6.97. The zero-order chi connectivity index (χ0) is 17.8. The molecule has 0 aliphatic carbocycles. The van der Waals surface area contributed by atoms with Crippen LogP contribution in [0.4, 0.5) is 0 Å². The lowest BCUT2D eigenvalue weighted by Crippen LogP contribution is -2.05. The van der Waals surface area contributed by atoms with Crippen molar-refractivity contribution in [3.8, 4) is 5.69 Å². The van der Waals surface area contributed by atoms with Crippen LogP contribution in [0.15, 0.2) is 72.1 Å². The highest BCUT2D eigenvalue weighted by Gasteiger charge is 2.11. The van der Waals surface area contributed by atoms with Gasteiger partial charge in [-0.2, -0.15) is 5.10 Å². The van der Waals surface area contributed by atoms with E-state index in [9.17, 15) is 0 Å². The van der Waals surface area contributed by atoms with E-state index in [1.54, 1.807) is 18.1 Å². The maximum atomic E-state index is 5.39. The molecule has 0 bridgehead atoms. The summed E-state index contributed by atoms with van der Waals surface area (Å²) in [7, 11) is 0. The number of rotatable bonds is 6. The van der Waals surface area contributed by atoms with E-state index in [1.807, 2.05) is 57.7 Å². The average Bonchev–Trinajstić information content (AvgIpc) is 3.29. The number of benzene rings is 2. The van der Waals surface area contributed by atoms with Crippen LogP contribution in [0.1, 0.15) is 11.4 Å². The normalized spacial score (nSPS) is 10.9. The molecule has 130 valence electrons. The number of thioether (sulfide) groups is 1. The Bertz CT molecular complexity index is 1040. The zero-order valence-electron chi connectivity index (χ0n) is 13.8. The number of hydrogen-bond donors (Lipinski definition) is 1. The lowest BCUT2D eigenvalue weighted by atomic mass is 10.2. The molecule has 0 amide bonds. The summed E-state index contributed by atoms with van der Waals surface area (Å²) in [5, 5.41) is 16.4. The summed E-state index contributed by atoms with van der Waals surface area (Å²) in [6.07, 6.45) is 1.72. The van der Waals surface area contributed by atoms with Crippen molar-refractivity contribution in [1.29, 1.82) is 0 Å². The number of nitrogens with one attached hydrogen (secondary N) is 1. The van der Waals surface area contributed by atoms with Crippen molar-refractivity contribution in [2.24, 2.45) is 0 Å². The van der Waals surface area contributed by atoms with Gasteiger partial charge in [0.15, 0.2) is 9.93 Å². The van der Waals surface area contributed by atoms with Crippen LogP contribution < -0.4 is 0 Å². The molecule has 0 spiro atoms. The van der Waals surface area contributed by atoms with Crippen molar-refractivity contribution >= 4 is 24.0 Å². The summed E-state index contributed by atoms with van der Waals surface area (Å²) < 4.78 is 4.60. The molecule has 2 aromatic carbocycles. The Kier molecular flexibility index (Phi) is 4.94. The van der Waals surface area contributed by atoms with Crippen LogP contribution >= 0.6 is 24.0 Å². The van der Waals surface area contributed by atoms with Gasteiger partial charge in [0, 0.05) is 5.69 Å². The lowest BCUT2D eigenvalue weighted by molar-refractivity contribution is 0.745. The third-order valence-electron chi connectivity index (χ3n) is 3.90. The second kappa shape index (κ2) is 7.67. The van der Waals surface area contributed by atoms with Gasteiger partial charge in [0.25, 0.3) is 0 Å². The fourth-order valence-electron chi connectivity index (χ4n) is 2.61. The molecule has 2 heterocycles. The SMILES string of the molecule is S=c1[nH]nc(CSc2nncn2-c2ccccc2)n1Cc1ccccc1. The lowest BCUT2D eigenvalue weighted by Gasteiger charge is -2.08. The fraction of sp³-hybridized carbons (Fsp3) is 0.111. The quantitative estimate of drug-likeness (QED) is 0.406. The summed E-state index contributed by atoms with van der Waals surface area (Å²) in [5.41, 5.74) is 2.21. The van der Waals surface area contributed by atoms with Gasteiger partial charge in [-0.15, -0.1) is 10.2 Å². The van der Waals surface area contributed by atoms with E-state index < -0.39 is 0 Å². The predicted molar refractivity (Wildman–Crippen MR) is 104 cm³/mol. The molecule has 0 saturated carbocycles. The maximum Gasteiger partial charge on any atom is 0.196 e. The molecule has 8 heteroatoms. The highest BCUT2D eigenvalue weighted by atomic mass is 32.2. The van der Waals surface area contributed by atoms with Crippen LogP contribution in [0.3, 0.4) is 0 Å². The van der Waals surface area contributed by atoms with Crippen molar-refractivity contribution in [2.45, 2.75) is 17.5 Å². The molecule has 0 unspecified atom stereocenters. The molecule has 1 N–H and O–H groups in total. The summed E-state index contributed by atoms with van der Waals surface area (Å²) in [5.74, 6) is 1.53. The second-order valence-corrected chi connectivity index (χ2v) is 6.95. The Morgan fingerprint density at radius 3 is 2.50 bits per heavy atom. The standard InChI is InChI=1S/C18H16N6S2/c25-17-21-20-16(23(17)11-14-7-3-1-4-8-14)12-26-18-22-19-13-24(18)15-9-5-2-6-10-15/h1-10,13H,11-12H2,(H,21,25). The van der Waals surface area contributed by atoms with E-state index in [1.165, 1.54) is 5.56 Å². The van der Waals surface area contributed by atoms with Gasteiger partial charge in [-0.25, -0.2) is 0 Å². The molecule has 0 fully saturated rings. The van der Waals surface area contributed by atoms with E-state index in [0.717, 1.165) is 16.7 Å². The summed E-state index contributed by atoms with van der Waals surface area (Å²) in [4.78, 5) is 0. The molecule has 0 saturated heterocycles. The molecule has 26 heavy (non-hydrogen) atoms. The van der Waals surface area contributed by atoms with Crippen LogP contribution in [0.2, 0.25) is 0 Å². The topological polar surface area (TPSA) is 64.3 Å².